The summed E-state index contributed by atoms with van der Waals surface area (Å²) in [6.07, 6.45) is 5.26. The highest BCUT2D eigenvalue weighted by Crippen LogP contribution is 2.23. The maximum Gasteiger partial charge on any atom is 0.293 e. The van der Waals surface area contributed by atoms with Gasteiger partial charge in [-0.3, -0.25) is 4.79 Å². The van der Waals surface area contributed by atoms with Crippen molar-refractivity contribution in [3.63, 3.8) is 0 Å². The van der Waals surface area contributed by atoms with Gasteiger partial charge in [0.2, 0.25) is 5.82 Å². The lowest BCUT2D eigenvalue weighted by Gasteiger charge is -2.29. The number of likely N-dealkylation sites (tertiary alicyclic amines) is 1. The first-order valence-electron chi connectivity index (χ1n) is 8.98. The highest BCUT2D eigenvalue weighted by atomic mass is 16.3. The molecule has 0 unspecified atom stereocenters. The number of piperidine rings is 1. The first-order chi connectivity index (χ1) is 12.6. The molecule has 1 fully saturated rings. The van der Waals surface area contributed by atoms with Crippen molar-refractivity contribution in [2.75, 3.05) is 13.1 Å². The molecule has 0 spiro atoms. The van der Waals surface area contributed by atoms with E-state index in [1.54, 1.807) is 17.2 Å². The number of aromatic nitrogens is 3. The zero-order valence-electron chi connectivity index (χ0n) is 15.1. The van der Waals surface area contributed by atoms with Crippen LogP contribution < -0.4 is 0 Å². The van der Waals surface area contributed by atoms with Gasteiger partial charge in [-0.05, 0) is 43.9 Å². The van der Waals surface area contributed by atoms with E-state index in [4.69, 9.17) is 4.42 Å². The maximum absolute atomic E-state index is 12.9. The molecule has 2 aromatic heterocycles. The third kappa shape index (κ3) is 3.14. The lowest BCUT2D eigenvalue weighted by atomic mass is 9.99. The molecule has 6 heteroatoms. The molecule has 0 atom stereocenters. The van der Waals surface area contributed by atoms with Crippen LogP contribution in [-0.4, -0.2) is 38.7 Å². The predicted octanol–water partition coefficient (Wildman–Crippen LogP) is 3.71. The molecule has 1 aliphatic rings. The lowest BCUT2D eigenvalue weighted by molar-refractivity contribution is 0.0685. The second-order valence-corrected chi connectivity index (χ2v) is 6.99. The van der Waals surface area contributed by atoms with Crippen LogP contribution in [0.3, 0.4) is 0 Å². The van der Waals surface area contributed by atoms with Crippen LogP contribution in [0, 0.1) is 12.8 Å². The zero-order valence-corrected chi connectivity index (χ0v) is 15.1. The SMILES string of the molecule is Cc1ccc(-n2nc(C(=O)N3CCC(C)CC3)nc2-c2ccoc2)cc1. The Bertz CT molecular complexity index is 889. The topological polar surface area (TPSA) is 64.2 Å². The molecule has 0 bridgehead atoms. The van der Waals surface area contributed by atoms with Gasteiger partial charge in [0, 0.05) is 13.1 Å². The van der Waals surface area contributed by atoms with Gasteiger partial charge < -0.3 is 9.32 Å². The van der Waals surface area contributed by atoms with E-state index < -0.39 is 0 Å². The summed E-state index contributed by atoms with van der Waals surface area (Å²) in [5, 5.41) is 4.53. The third-order valence-electron chi connectivity index (χ3n) is 4.93. The highest BCUT2D eigenvalue weighted by molar-refractivity contribution is 5.91. The molecule has 134 valence electrons. The summed E-state index contributed by atoms with van der Waals surface area (Å²) in [6.45, 7) is 5.79. The smallest absolute Gasteiger partial charge is 0.293 e. The summed E-state index contributed by atoms with van der Waals surface area (Å²) < 4.78 is 6.91. The van der Waals surface area contributed by atoms with Gasteiger partial charge in [-0.1, -0.05) is 24.6 Å². The average Bonchev–Trinajstić information content (AvgIpc) is 3.32. The number of hydrogen-bond acceptors (Lipinski definition) is 4. The number of benzene rings is 1. The van der Waals surface area contributed by atoms with Crippen LogP contribution >= 0.6 is 0 Å². The second kappa shape index (κ2) is 6.78. The van der Waals surface area contributed by atoms with Gasteiger partial charge in [0.1, 0.15) is 6.26 Å². The number of hydrogen-bond donors (Lipinski definition) is 0. The fraction of sp³-hybridized carbons (Fsp3) is 0.350. The van der Waals surface area contributed by atoms with Crippen LogP contribution in [0.5, 0.6) is 0 Å². The van der Waals surface area contributed by atoms with Crippen molar-refractivity contribution in [2.45, 2.75) is 26.7 Å². The Kier molecular flexibility index (Phi) is 4.32. The molecule has 6 nitrogen and oxygen atoms in total. The monoisotopic (exact) mass is 350 g/mol. The quantitative estimate of drug-likeness (QED) is 0.722. The van der Waals surface area contributed by atoms with Gasteiger partial charge in [0.25, 0.3) is 5.91 Å². The number of rotatable bonds is 3. The van der Waals surface area contributed by atoms with Gasteiger partial charge in [-0.2, -0.15) is 0 Å². The van der Waals surface area contributed by atoms with Crippen LogP contribution in [0.4, 0.5) is 0 Å². The Balaban J connectivity index is 1.71. The number of aryl methyl sites for hydroxylation is 1. The summed E-state index contributed by atoms with van der Waals surface area (Å²) in [5.74, 6) is 1.40. The van der Waals surface area contributed by atoms with Crippen molar-refractivity contribution >= 4 is 5.91 Å². The normalized spacial score (nSPS) is 15.4. The molecular weight excluding hydrogens is 328 g/mol. The van der Waals surface area contributed by atoms with Gasteiger partial charge >= 0.3 is 0 Å². The van der Waals surface area contributed by atoms with Crippen molar-refractivity contribution in [3.05, 3.63) is 54.2 Å². The molecule has 4 rings (SSSR count). The molecule has 26 heavy (non-hydrogen) atoms. The molecule has 0 aliphatic carbocycles. The van der Waals surface area contributed by atoms with E-state index in [0.29, 0.717) is 11.7 Å². The Morgan fingerprint density at radius 2 is 1.88 bits per heavy atom. The van der Waals surface area contributed by atoms with Gasteiger partial charge in [0.15, 0.2) is 5.82 Å². The van der Waals surface area contributed by atoms with Crippen molar-refractivity contribution < 1.29 is 9.21 Å². The maximum atomic E-state index is 12.9. The molecule has 0 saturated carbocycles. The van der Waals surface area contributed by atoms with E-state index in [9.17, 15) is 4.79 Å². The number of furan rings is 1. The first kappa shape index (κ1) is 16.6. The Morgan fingerprint density at radius 3 is 2.54 bits per heavy atom. The van der Waals surface area contributed by atoms with Crippen LogP contribution in [0.1, 0.15) is 35.9 Å². The van der Waals surface area contributed by atoms with Crippen LogP contribution in [-0.2, 0) is 0 Å². The molecule has 3 aromatic rings. The standard InChI is InChI=1S/C20H22N4O2/c1-14-3-5-17(6-4-14)24-19(16-9-12-26-13-16)21-18(22-24)20(25)23-10-7-15(2)8-11-23/h3-6,9,12-13,15H,7-8,10-11H2,1-2H3. The van der Waals surface area contributed by atoms with Crippen molar-refractivity contribution in [2.24, 2.45) is 5.92 Å². The predicted molar refractivity (Wildman–Crippen MR) is 98.1 cm³/mol. The van der Waals surface area contributed by atoms with E-state index in [-0.39, 0.29) is 11.7 Å². The van der Waals surface area contributed by atoms with E-state index in [0.717, 1.165) is 42.7 Å². The second-order valence-electron chi connectivity index (χ2n) is 6.99. The van der Waals surface area contributed by atoms with E-state index in [1.165, 1.54) is 0 Å². The van der Waals surface area contributed by atoms with E-state index in [2.05, 4.69) is 17.0 Å². The fourth-order valence-electron chi connectivity index (χ4n) is 3.20. The molecular formula is C20H22N4O2. The average molecular weight is 350 g/mol. The molecule has 0 N–H and O–H groups in total. The van der Waals surface area contributed by atoms with Crippen LogP contribution in [0.2, 0.25) is 0 Å². The lowest BCUT2D eigenvalue weighted by Crippen LogP contribution is -2.38. The Labute approximate surface area is 152 Å². The van der Waals surface area contributed by atoms with Crippen LogP contribution in [0.25, 0.3) is 17.1 Å². The number of nitrogens with zero attached hydrogens (tertiary/aromatic N) is 4. The van der Waals surface area contributed by atoms with Gasteiger partial charge in [0.05, 0.1) is 17.5 Å². The van der Waals surface area contributed by atoms with E-state index in [1.807, 2.05) is 42.2 Å². The van der Waals surface area contributed by atoms with E-state index >= 15 is 0 Å². The summed E-state index contributed by atoms with van der Waals surface area (Å²) in [6, 6.07) is 9.81. The molecule has 1 amide bonds. The van der Waals surface area contributed by atoms with Crippen molar-refractivity contribution in [1.29, 1.82) is 0 Å². The van der Waals surface area contributed by atoms with Crippen molar-refractivity contribution in [3.8, 4) is 17.1 Å². The van der Waals surface area contributed by atoms with Gasteiger partial charge in [-0.25, -0.2) is 9.67 Å². The fourth-order valence-corrected chi connectivity index (χ4v) is 3.20. The zero-order chi connectivity index (χ0) is 18.1. The molecule has 0 radical (unpaired) electrons. The summed E-state index contributed by atoms with van der Waals surface area (Å²) in [4.78, 5) is 19.3. The minimum Gasteiger partial charge on any atom is -0.472 e. The number of amides is 1. The minimum atomic E-state index is -0.104. The summed E-state index contributed by atoms with van der Waals surface area (Å²) in [5.41, 5.74) is 2.83. The molecule has 1 saturated heterocycles. The van der Waals surface area contributed by atoms with Crippen molar-refractivity contribution in [1.82, 2.24) is 19.7 Å². The van der Waals surface area contributed by atoms with Gasteiger partial charge in [-0.15, -0.1) is 5.10 Å². The highest BCUT2D eigenvalue weighted by Gasteiger charge is 2.26. The third-order valence-corrected chi connectivity index (χ3v) is 4.93. The molecule has 1 aliphatic heterocycles. The van der Waals surface area contributed by atoms with Crippen LogP contribution in [0.15, 0.2) is 47.3 Å². The molecule has 1 aromatic carbocycles. The Morgan fingerprint density at radius 1 is 1.15 bits per heavy atom. The largest absolute Gasteiger partial charge is 0.472 e. The number of carbonyl (C=O) groups excluding carboxylic acids is 1. The summed E-state index contributed by atoms with van der Waals surface area (Å²) in [7, 11) is 0. The molecule has 3 heterocycles. The minimum absolute atomic E-state index is 0.104. The first-order valence-corrected chi connectivity index (χ1v) is 8.98. The number of carbonyl (C=O) groups is 1. The summed E-state index contributed by atoms with van der Waals surface area (Å²) >= 11 is 0. The Hall–Kier alpha value is -2.89.